The van der Waals surface area contributed by atoms with Crippen LogP contribution < -0.4 is 5.32 Å². The van der Waals surface area contributed by atoms with Gasteiger partial charge in [0, 0.05) is 20.8 Å². The molecule has 0 bridgehead atoms. The molecular weight excluding hydrogens is 480 g/mol. The van der Waals surface area contributed by atoms with Crippen LogP contribution in [0.2, 0.25) is 0 Å². The third-order valence-electron chi connectivity index (χ3n) is 8.35. The van der Waals surface area contributed by atoms with Crippen LogP contribution in [-0.4, -0.2) is 67.9 Å². The number of hydrogen-bond donors (Lipinski definition) is 1. The number of methoxy groups -OCH3 is 2. The summed E-state index contributed by atoms with van der Waals surface area (Å²) in [6, 6.07) is 9.60. The van der Waals surface area contributed by atoms with E-state index in [2.05, 4.69) is 26.1 Å². The second kappa shape index (κ2) is 15.6. The number of amides is 2. The van der Waals surface area contributed by atoms with Gasteiger partial charge in [-0.15, -0.1) is 0 Å². The Morgan fingerprint density at radius 2 is 1.68 bits per heavy atom. The molecule has 1 aromatic carbocycles. The zero-order valence-corrected chi connectivity index (χ0v) is 25.1. The number of rotatable bonds is 15. The minimum absolute atomic E-state index is 0.0146. The highest BCUT2D eigenvalue weighted by Gasteiger charge is 2.41. The van der Waals surface area contributed by atoms with Crippen molar-refractivity contribution in [2.45, 2.75) is 111 Å². The highest BCUT2D eigenvalue weighted by molar-refractivity contribution is 5.80. The van der Waals surface area contributed by atoms with Crippen molar-refractivity contribution in [3.8, 4) is 0 Å². The minimum Gasteiger partial charge on any atom is -0.381 e. The Balaban J connectivity index is 2.11. The van der Waals surface area contributed by atoms with Gasteiger partial charge in [0.05, 0.1) is 42.7 Å². The molecular formula is C31H52N2O5. The van der Waals surface area contributed by atoms with Crippen LogP contribution in [0.5, 0.6) is 0 Å². The quantitative estimate of drug-likeness (QED) is 0.328. The van der Waals surface area contributed by atoms with E-state index in [0.29, 0.717) is 18.9 Å². The standard InChI is InChI=1S/C31H52N2O5/c1-10-21(4)22(5)27(36-8)19-28(34)33-18-14-17-26(33)29(37-9)23(6)31(35)32-24(7)30(38-20(2)3)25-15-12-11-13-16-25/h11-13,15-16,20-24,26-27,29-30H,10,14,17-19H2,1-9H3,(H,32,35)/t21-,22-,23+,24+,26-,27+,29+,30+/m0/s1. The molecule has 1 aliphatic rings. The van der Waals surface area contributed by atoms with E-state index < -0.39 is 12.0 Å². The summed E-state index contributed by atoms with van der Waals surface area (Å²) in [5, 5.41) is 3.17. The molecule has 216 valence electrons. The number of ether oxygens (including phenoxy) is 3. The van der Waals surface area contributed by atoms with Crippen molar-refractivity contribution in [1.82, 2.24) is 10.2 Å². The van der Waals surface area contributed by atoms with Gasteiger partial charge in [0.1, 0.15) is 6.10 Å². The number of nitrogens with one attached hydrogen (secondary N) is 1. The lowest BCUT2D eigenvalue weighted by Gasteiger charge is -2.36. The van der Waals surface area contributed by atoms with Gasteiger partial charge in [-0.05, 0) is 51.0 Å². The second-order valence-corrected chi connectivity index (χ2v) is 11.3. The Morgan fingerprint density at radius 1 is 1.03 bits per heavy atom. The third-order valence-corrected chi connectivity index (χ3v) is 8.35. The molecule has 38 heavy (non-hydrogen) atoms. The first-order valence-corrected chi connectivity index (χ1v) is 14.4. The largest absolute Gasteiger partial charge is 0.381 e. The van der Waals surface area contributed by atoms with Crippen LogP contribution in [0.4, 0.5) is 0 Å². The Hall–Kier alpha value is -1.96. The molecule has 0 saturated carbocycles. The van der Waals surface area contributed by atoms with E-state index in [4.69, 9.17) is 14.2 Å². The van der Waals surface area contributed by atoms with Crippen molar-refractivity contribution >= 4 is 11.8 Å². The maximum absolute atomic E-state index is 13.5. The lowest BCUT2D eigenvalue weighted by atomic mass is 9.87. The summed E-state index contributed by atoms with van der Waals surface area (Å²) in [6.07, 6.45) is 2.33. The molecule has 7 heteroatoms. The van der Waals surface area contributed by atoms with Crippen LogP contribution >= 0.6 is 0 Å². The fourth-order valence-electron chi connectivity index (χ4n) is 5.65. The van der Waals surface area contributed by atoms with E-state index in [1.54, 1.807) is 14.2 Å². The van der Waals surface area contributed by atoms with Crippen molar-refractivity contribution < 1.29 is 23.8 Å². The van der Waals surface area contributed by atoms with Crippen LogP contribution in [0.15, 0.2) is 30.3 Å². The summed E-state index contributed by atoms with van der Waals surface area (Å²) in [4.78, 5) is 28.8. The van der Waals surface area contributed by atoms with Crippen molar-refractivity contribution in [3.05, 3.63) is 35.9 Å². The highest BCUT2D eigenvalue weighted by atomic mass is 16.5. The SMILES string of the molecule is CC[C@H](C)[C@H](C)[C@@H](CC(=O)N1CCC[C@H]1[C@H](OC)[C@@H](C)C(=O)N[C@H](C)[C@@H](OC(C)C)c1ccccc1)OC. The molecule has 0 unspecified atom stereocenters. The molecule has 0 radical (unpaired) electrons. The fraction of sp³-hybridized carbons (Fsp3) is 0.742. The number of nitrogens with zero attached hydrogens (tertiary/aromatic N) is 1. The van der Waals surface area contributed by atoms with Crippen LogP contribution in [-0.2, 0) is 23.8 Å². The lowest BCUT2D eigenvalue weighted by molar-refractivity contribution is -0.143. The maximum atomic E-state index is 13.5. The van der Waals surface area contributed by atoms with Gasteiger partial charge >= 0.3 is 0 Å². The maximum Gasteiger partial charge on any atom is 0.225 e. The van der Waals surface area contributed by atoms with Crippen molar-refractivity contribution in [2.75, 3.05) is 20.8 Å². The first-order chi connectivity index (χ1) is 18.0. The molecule has 1 aromatic rings. The van der Waals surface area contributed by atoms with Gasteiger partial charge in [-0.25, -0.2) is 0 Å². The van der Waals surface area contributed by atoms with E-state index in [9.17, 15) is 9.59 Å². The Kier molecular flexibility index (Phi) is 13.2. The monoisotopic (exact) mass is 532 g/mol. The van der Waals surface area contributed by atoms with Crippen molar-refractivity contribution in [2.24, 2.45) is 17.8 Å². The van der Waals surface area contributed by atoms with Crippen molar-refractivity contribution in [3.63, 3.8) is 0 Å². The van der Waals surface area contributed by atoms with Crippen LogP contribution in [0.1, 0.15) is 85.8 Å². The van der Waals surface area contributed by atoms with Crippen LogP contribution in [0.25, 0.3) is 0 Å². The highest BCUT2D eigenvalue weighted by Crippen LogP contribution is 2.30. The fourth-order valence-corrected chi connectivity index (χ4v) is 5.65. The van der Waals surface area contributed by atoms with Gasteiger partial charge in [0.15, 0.2) is 0 Å². The van der Waals surface area contributed by atoms with E-state index in [0.717, 1.165) is 24.8 Å². The number of carbonyl (C=O) groups excluding carboxylic acids is 2. The molecule has 1 N–H and O–H groups in total. The van der Waals surface area contributed by atoms with E-state index in [1.165, 1.54) is 0 Å². The van der Waals surface area contributed by atoms with Gasteiger partial charge in [-0.3, -0.25) is 9.59 Å². The summed E-state index contributed by atoms with van der Waals surface area (Å²) >= 11 is 0. The first-order valence-electron chi connectivity index (χ1n) is 14.4. The number of likely N-dealkylation sites (tertiary alicyclic amines) is 1. The predicted molar refractivity (Wildman–Crippen MR) is 152 cm³/mol. The van der Waals surface area contributed by atoms with Crippen LogP contribution in [0.3, 0.4) is 0 Å². The van der Waals surface area contributed by atoms with Gasteiger partial charge in [-0.2, -0.15) is 0 Å². The molecule has 0 aliphatic carbocycles. The van der Waals surface area contributed by atoms with Gasteiger partial charge in [0.2, 0.25) is 11.8 Å². The zero-order chi connectivity index (χ0) is 28.4. The summed E-state index contributed by atoms with van der Waals surface area (Å²) in [7, 11) is 3.33. The smallest absolute Gasteiger partial charge is 0.225 e. The number of hydrogen-bond acceptors (Lipinski definition) is 5. The van der Waals surface area contributed by atoms with E-state index >= 15 is 0 Å². The normalized spacial score (nSPS) is 21.4. The molecule has 2 amide bonds. The minimum atomic E-state index is -0.436. The molecule has 0 spiro atoms. The molecule has 1 heterocycles. The average Bonchev–Trinajstić information content (AvgIpc) is 3.39. The Labute approximate surface area is 231 Å². The second-order valence-electron chi connectivity index (χ2n) is 11.3. The van der Waals surface area contributed by atoms with Crippen LogP contribution in [0, 0.1) is 17.8 Å². The van der Waals surface area contributed by atoms with Crippen molar-refractivity contribution in [1.29, 1.82) is 0 Å². The summed E-state index contributed by atoms with van der Waals surface area (Å²) in [5.41, 5.74) is 1.02. The molecule has 1 fully saturated rings. The summed E-state index contributed by atoms with van der Waals surface area (Å²) in [5.74, 6) is 0.293. The summed E-state index contributed by atoms with van der Waals surface area (Å²) < 4.78 is 17.8. The molecule has 1 aliphatic heterocycles. The molecule has 1 saturated heterocycles. The molecule has 7 nitrogen and oxygen atoms in total. The molecule has 8 atom stereocenters. The van der Waals surface area contributed by atoms with Gasteiger partial charge < -0.3 is 24.4 Å². The zero-order valence-electron chi connectivity index (χ0n) is 25.1. The number of carbonyl (C=O) groups is 2. The third kappa shape index (κ3) is 8.52. The first kappa shape index (κ1) is 32.3. The van der Waals surface area contributed by atoms with E-state index in [-0.39, 0.29) is 48.1 Å². The Bertz CT molecular complexity index is 848. The van der Waals surface area contributed by atoms with Gasteiger partial charge in [0.25, 0.3) is 0 Å². The lowest BCUT2D eigenvalue weighted by Crippen LogP contribution is -2.52. The molecule has 2 rings (SSSR count). The number of benzene rings is 1. The Morgan fingerprint density at radius 3 is 2.24 bits per heavy atom. The molecule has 0 aromatic heterocycles. The van der Waals surface area contributed by atoms with E-state index in [1.807, 2.05) is 62.9 Å². The summed E-state index contributed by atoms with van der Waals surface area (Å²) in [6.45, 7) is 15.1. The topological polar surface area (TPSA) is 77.1 Å². The predicted octanol–water partition coefficient (Wildman–Crippen LogP) is 5.39. The average molecular weight is 533 g/mol. The van der Waals surface area contributed by atoms with Gasteiger partial charge in [-0.1, -0.05) is 64.4 Å².